The molecule has 3 rings (SSSR count). The number of amides is 2. The fourth-order valence-electron chi connectivity index (χ4n) is 3.87. The molecule has 4 nitrogen and oxygen atoms in total. The molecule has 0 saturated heterocycles. The van der Waals surface area contributed by atoms with Gasteiger partial charge in [-0.05, 0) is 62.3 Å². The van der Waals surface area contributed by atoms with Crippen LogP contribution in [0.5, 0.6) is 0 Å². The van der Waals surface area contributed by atoms with Gasteiger partial charge in [-0.15, -0.1) is 0 Å². The predicted octanol–water partition coefficient (Wildman–Crippen LogP) is 5.31. The van der Waals surface area contributed by atoms with E-state index < -0.39 is 6.04 Å². The van der Waals surface area contributed by atoms with Crippen LogP contribution in [-0.4, -0.2) is 29.3 Å². The molecule has 164 valence electrons. The Morgan fingerprint density at radius 3 is 2.45 bits per heavy atom. The average molecular weight is 439 g/mol. The van der Waals surface area contributed by atoms with Gasteiger partial charge in [0.2, 0.25) is 11.8 Å². The van der Waals surface area contributed by atoms with Crippen molar-refractivity contribution in [2.45, 2.75) is 58.0 Å². The summed E-state index contributed by atoms with van der Waals surface area (Å²) < 4.78 is 0. The summed E-state index contributed by atoms with van der Waals surface area (Å²) in [7, 11) is 0. The third-order valence-corrected chi connectivity index (χ3v) is 6.01. The van der Waals surface area contributed by atoms with Crippen LogP contribution in [0.15, 0.2) is 66.2 Å². The Hall–Kier alpha value is -2.59. The third-order valence-electron chi connectivity index (χ3n) is 5.76. The van der Waals surface area contributed by atoms with E-state index in [2.05, 4.69) is 11.4 Å². The minimum atomic E-state index is -0.563. The zero-order valence-corrected chi connectivity index (χ0v) is 18.9. The molecule has 1 aliphatic carbocycles. The van der Waals surface area contributed by atoms with Gasteiger partial charge in [-0.25, -0.2) is 0 Å². The number of hydrogen-bond donors (Lipinski definition) is 1. The van der Waals surface area contributed by atoms with E-state index in [1.807, 2.05) is 42.5 Å². The van der Waals surface area contributed by atoms with Gasteiger partial charge in [0.25, 0.3) is 0 Å². The van der Waals surface area contributed by atoms with Crippen molar-refractivity contribution in [1.29, 1.82) is 0 Å². The summed E-state index contributed by atoms with van der Waals surface area (Å²) in [6.07, 6.45) is 8.21. The van der Waals surface area contributed by atoms with Crippen LogP contribution >= 0.6 is 11.6 Å². The van der Waals surface area contributed by atoms with Crippen LogP contribution in [0.1, 0.15) is 50.2 Å². The fourth-order valence-corrected chi connectivity index (χ4v) is 3.99. The quantitative estimate of drug-likeness (QED) is 0.539. The molecule has 0 spiro atoms. The average Bonchev–Trinajstić information content (AvgIpc) is 2.79. The highest BCUT2D eigenvalue weighted by Gasteiger charge is 2.26. The number of rotatable bonds is 9. The molecule has 0 bridgehead atoms. The second-order valence-electron chi connectivity index (χ2n) is 8.14. The Balaban J connectivity index is 1.65. The Morgan fingerprint density at radius 1 is 1.03 bits per heavy atom. The number of carbonyl (C=O) groups is 2. The van der Waals surface area contributed by atoms with Crippen molar-refractivity contribution in [2.75, 3.05) is 6.54 Å². The van der Waals surface area contributed by atoms with Crippen LogP contribution in [-0.2, 0) is 22.6 Å². The maximum Gasteiger partial charge on any atom is 0.242 e. The molecule has 31 heavy (non-hydrogen) atoms. The summed E-state index contributed by atoms with van der Waals surface area (Å²) in [5.41, 5.74) is 3.31. The van der Waals surface area contributed by atoms with Crippen molar-refractivity contribution >= 4 is 23.4 Å². The first-order chi connectivity index (χ1) is 15.0. The lowest BCUT2D eigenvalue weighted by Crippen LogP contribution is -2.48. The number of hydrogen-bond acceptors (Lipinski definition) is 2. The van der Waals surface area contributed by atoms with Crippen molar-refractivity contribution in [3.05, 3.63) is 82.4 Å². The number of benzene rings is 2. The second kappa shape index (κ2) is 11.7. The van der Waals surface area contributed by atoms with E-state index >= 15 is 0 Å². The van der Waals surface area contributed by atoms with Crippen molar-refractivity contribution in [1.82, 2.24) is 10.2 Å². The molecule has 2 aromatic carbocycles. The van der Waals surface area contributed by atoms with Crippen molar-refractivity contribution in [3.63, 3.8) is 0 Å². The van der Waals surface area contributed by atoms with Gasteiger partial charge < -0.3 is 10.2 Å². The van der Waals surface area contributed by atoms with Crippen LogP contribution in [0.25, 0.3) is 0 Å². The largest absolute Gasteiger partial charge is 0.354 e. The Labute approximate surface area is 190 Å². The van der Waals surface area contributed by atoms with E-state index in [-0.39, 0.29) is 18.2 Å². The summed E-state index contributed by atoms with van der Waals surface area (Å²) in [4.78, 5) is 27.7. The van der Waals surface area contributed by atoms with Gasteiger partial charge in [-0.3, -0.25) is 9.59 Å². The summed E-state index contributed by atoms with van der Waals surface area (Å²) in [5, 5.41) is 3.68. The molecule has 0 fully saturated rings. The third kappa shape index (κ3) is 7.25. The molecule has 5 heteroatoms. The molecule has 0 heterocycles. The topological polar surface area (TPSA) is 49.4 Å². The molecule has 2 amide bonds. The van der Waals surface area contributed by atoms with Crippen molar-refractivity contribution in [3.8, 4) is 0 Å². The number of nitrogens with zero attached hydrogens (tertiary/aromatic N) is 1. The number of allylic oxidation sites excluding steroid dienone is 1. The Bertz CT molecular complexity index is 893. The first kappa shape index (κ1) is 23.1. The van der Waals surface area contributed by atoms with Gasteiger partial charge >= 0.3 is 0 Å². The lowest BCUT2D eigenvalue weighted by Gasteiger charge is -2.29. The van der Waals surface area contributed by atoms with Crippen LogP contribution < -0.4 is 5.32 Å². The lowest BCUT2D eigenvalue weighted by molar-refractivity contribution is -0.140. The van der Waals surface area contributed by atoms with E-state index in [1.54, 1.807) is 24.0 Å². The molecule has 0 aliphatic heterocycles. The van der Waals surface area contributed by atoms with Crippen LogP contribution in [0, 0.1) is 0 Å². The van der Waals surface area contributed by atoms with Crippen LogP contribution in [0.3, 0.4) is 0 Å². The van der Waals surface area contributed by atoms with Gasteiger partial charge in [0.1, 0.15) is 6.04 Å². The van der Waals surface area contributed by atoms with E-state index in [0.717, 1.165) is 30.4 Å². The van der Waals surface area contributed by atoms with Gasteiger partial charge in [0.15, 0.2) is 0 Å². The highest BCUT2D eigenvalue weighted by atomic mass is 35.5. The van der Waals surface area contributed by atoms with Gasteiger partial charge in [-0.2, -0.15) is 0 Å². The standard InChI is InChI=1S/C26H31ClN2O2/c1-20(26(31)28-17-16-21-8-4-2-5-9-21)29(19-23-12-14-24(27)15-13-23)25(30)18-22-10-6-3-7-11-22/h3,6-8,10-15,20H,2,4-5,9,16-19H2,1H3,(H,28,31). The Kier molecular flexibility index (Phi) is 8.72. The van der Waals surface area contributed by atoms with Crippen molar-refractivity contribution in [2.24, 2.45) is 0 Å². The molecular formula is C26H31ClN2O2. The molecule has 0 radical (unpaired) electrons. The van der Waals surface area contributed by atoms with Gasteiger partial charge in [0.05, 0.1) is 6.42 Å². The first-order valence-corrected chi connectivity index (χ1v) is 11.4. The molecular weight excluding hydrogens is 408 g/mol. The minimum Gasteiger partial charge on any atom is -0.354 e. The van der Waals surface area contributed by atoms with Gasteiger partial charge in [-0.1, -0.05) is 65.7 Å². The lowest BCUT2D eigenvalue weighted by atomic mass is 9.97. The van der Waals surface area contributed by atoms with E-state index in [9.17, 15) is 9.59 Å². The van der Waals surface area contributed by atoms with Gasteiger partial charge in [0, 0.05) is 18.1 Å². The fraction of sp³-hybridized carbons (Fsp3) is 0.385. The van der Waals surface area contributed by atoms with Crippen LogP contribution in [0.4, 0.5) is 0 Å². The maximum absolute atomic E-state index is 13.2. The monoisotopic (exact) mass is 438 g/mol. The highest BCUT2D eigenvalue weighted by Crippen LogP contribution is 2.19. The van der Waals surface area contributed by atoms with E-state index in [0.29, 0.717) is 18.1 Å². The Morgan fingerprint density at radius 2 is 1.77 bits per heavy atom. The summed E-state index contributed by atoms with van der Waals surface area (Å²) in [6, 6.07) is 16.5. The summed E-state index contributed by atoms with van der Waals surface area (Å²) in [6.45, 7) is 2.77. The predicted molar refractivity (Wildman–Crippen MR) is 126 cm³/mol. The number of carbonyl (C=O) groups excluding carboxylic acids is 2. The van der Waals surface area contributed by atoms with Crippen molar-refractivity contribution < 1.29 is 9.59 Å². The number of halogens is 1. The molecule has 1 unspecified atom stereocenters. The van der Waals surface area contributed by atoms with Crippen LogP contribution in [0.2, 0.25) is 5.02 Å². The molecule has 1 atom stereocenters. The summed E-state index contributed by atoms with van der Waals surface area (Å²) in [5.74, 6) is -0.189. The zero-order chi connectivity index (χ0) is 22.1. The molecule has 0 saturated carbocycles. The number of nitrogens with one attached hydrogen (secondary N) is 1. The molecule has 1 N–H and O–H groups in total. The first-order valence-electron chi connectivity index (χ1n) is 11.1. The molecule has 1 aliphatic rings. The normalized spacial score (nSPS) is 14.5. The summed E-state index contributed by atoms with van der Waals surface area (Å²) >= 11 is 6.00. The SMILES string of the molecule is CC(C(=O)NCCC1=CCCCC1)N(Cc1ccc(Cl)cc1)C(=O)Cc1ccccc1. The zero-order valence-electron chi connectivity index (χ0n) is 18.1. The maximum atomic E-state index is 13.2. The highest BCUT2D eigenvalue weighted by molar-refractivity contribution is 6.30. The molecule has 0 aromatic heterocycles. The smallest absolute Gasteiger partial charge is 0.242 e. The second-order valence-corrected chi connectivity index (χ2v) is 8.57. The van der Waals surface area contributed by atoms with E-state index in [1.165, 1.54) is 18.4 Å². The molecule has 2 aromatic rings. The van der Waals surface area contributed by atoms with E-state index in [4.69, 9.17) is 11.6 Å². The minimum absolute atomic E-state index is 0.0706.